The molecule has 1 aromatic carbocycles. The molecule has 0 unspecified atom stereocenters. The lowest BCUT2D eigenvalue weighted by molar-refractivity contribution is 0.563. The third-order valence-corrected chi connectivity index (χ3v) is 6.09. The van der Waals surface area contributed by atoms with Crippen molar-refractivity contribution in [1.82, 2.24) is 0 Å². The summed E-state index contributed by atoms with van der Waals surface area (Å²) in [5, 5.41) is 3.33. The lowest BCUT2D eigenvalue weighted by Crippen LogP contribution is -2.05. The number of hydrogen-bond acceptors (Lipinski definition) is 3. The number of benzene rings is 1. The van der Waals surface area contributed by atoms with E-state index in [0.717, 1.165) is 15.8 Å². The van der Waals surface area contributed by atoms with E-state index in [1.165, 1.54) is 69.1 Å². The highest BCUT2D eigenvalue weighted by Crippen LogP contribution is 2.20. The minimum absolute atomic E-state index is 0.893. The molecule has 0 atom stereocenters. The first-order valence-electron chi connectivity index (χ1n) is 9.34. The van der Waals surface area contributed by atoms with Crippen molar-refractivity contribution in [2.75, 3.05) is 17.3 Å². The van der Waals surface area contributed by atoms with Gasteiger partial charge in [-0.15, -0.1) is 11.8 Å². The summed E-state index contributed by atoms with van der Waals surface area (Å²) < 4.78 is 0.893. The van der Waals surface area contributed by atoms with Crippen molar-refractivity contribution in [3.63, 3.8) is 0 Å². The van der Waals surface area contributed by atoms with Gasteiger partial charge in [0, 0.05) is 16.3 Å². The van der Waals surface area contributed by atoms with Crippen LogP contribution < -0.4 is 5.32 Å². The largest absolute Gasteiger partial charge is 0.341 e. The quantitative estimate of drug-likeness (QED) is 0.212. The fourth-order valence-electron chi connectivity index (χ4n) is 2.61. The molecule has 0 aliphatic heterocycles. The summed E-state index contributed by atoms with van der Waals surface area (Å²) in [7, 11) is 0. The molecule has 0 fully saturated rings. The van der Waals surface area contributed by atoms with Crippen LogP contribution in [-0.4, -0.2) is 16.3 Å². The van der Waals surface area contributed by atoms with Crippen molar-refractivity contribution in [3.05, 3.63) is 24.3 Å². The maximum atomic E-state index is 5.43. The standard InChI is InChI=1S/C20H33NS3/c1-3-4-5-6-7-8-9-10-11-12-16-24-20(22)21-18-14-13-15-19(17-18)23-2/h13-15,17H,3-12,16H2,1-2H3,(H,21,22). The lowest BCUT2D eigenvalue weighted by atomic mass is 10.1. The van der Waals surface area contributed by atoms with Crippen molar-refractivity contribution in [2.45, 2.75) is 76.0 Å². The zero-order valence-electron chi connectivity index (χ0n) is 15.3. The van der Waals surface area contributed by atoms with Gasteiger partial charge in [0.05, 0.1) is 0 Å². The summed E-state index contributed by atoms with van der Waals surface area (Å²) in [6, 6.07) is 8.42. The van der Waals surface area contributed by atoms with E-state index in [4.69, 9.17) is 12.2 Å². The molecule has 0 amide bonds. The van der Waals surface area contributed by atoms with E-state index in [0.29, 0.717) is 0 Å². The van der Waals surface area contributed by atoms with Crippen LogP contribution in [0.1, 0.15) is 71.1 Å². The second-order valence-electron chi connectivity index (χ2n) is 6.17. The highest BCUT2D eigenvalue weighted by Gasteiger charge is 2.00. The van der Waals surface area contributed by atoms with Crippen LogP contribution in [0.25, 0.3) is 0 Å². The summed E-state index contributed by atoms with van der Waals surface area (Å²) in [4.78, 5) is 1.27. The molecule has 0 aromatic heterocycles. The van der Waals surface area contributed by atoms with Crippen LogP contribution in [0.15, 0.2) is 29.2 Å². The summed E-state index contributed by atoms with van der Waals surface area (Å²) in [5.41, 5.74) is 1.10. The second-order valence-corrected chi connectivity index (χ2v) is 8.83. The first-order chi connectivity index (χ1) is 11.8. The number of rotatable bonds is 13. The highest BCUT2D eigenvalue weighted by atomic mass is 32.2. The molecule has 0 saturated carbocycles. The van der Waals surface area contributed by atoms with Crippen LogP contribution in [0.2, 0.25) is 0 Å². The van der Waals surface area contributed by atoms with E-state index < -0.39 is 0 Å². The van der Waals surface area contributed by atoms with Gasteiger partial charge >= 0.3 is 0 Å². The molecule has 0 heterocycles. The Morgan fingerprint density at radius 3 is 2.21 bits per heavy atom. The van der Waals surface area contributed by atoms with Crippen LogP contribution in [0, 0.1) is 0 Å². The van der Waals surface area contributed by atoms with Gasteiger partial charge in [0.25, 0.3) is 0 Å². The van der Waals surface area contributed by atoms with Crippen molar-refractivity contribution < 1.29 is 0 Å². The Bertz CT molecular complexity index is 448. The first kappa shape index (κ1) is 21.9. The third kappa shape index (κ3) is 11.4. The Morgan fingerprint density at radius 2 is 1.58 bits per heavy atom. The van der Waals surface area contributed by atoms with E-state index in [2.05, 4.69) is 42.8 Å². The summed E-state index contributed by atoms with van der Waals surface area (Å²) >= 11 is 8.96. The van der Waals surface area contributed by atoms with Gasteiger partial charge in [-0.3, -0.25) is 0 Å². The van der Waals surface area contributed by atoms with E-state index in [1.54, 1.807) is 23.5 Å². The van der Waals surface area contributed by atoms with Gasteiger partial charge in [-0.1, -0.05) is 94.8 Å². The van der Waals surface area contributed by atoms with Gasteiger partial charge < -0.3 is 5.32 Å². The van der Waals surface area contributed by atoms with Gasteiger partial charge in [0.1, 0.15) is 4.32 Å². The fraction of sp³-hybridized carbons (Fsp3) is 0.650. The predicted molar refractivity (Wildman–Crippen MR) is 119 cm³/mol. The van der Waals surface area contributed by atoms with Crippen molar-refractivity contribution in [3.8, 4) is 0 Å². The molecule has 0 radical (unpaired) electrons. The van der Waals surface area contributed by atoms with Gasteiger partial charge in [-0.05, 0) is 30.9 Å². The minimum atomic E-state index is 0.893. The molecule has 0 spiro atoms. The number of unbranched alkanes of at least 4 members (excludes halogenated alkanes) is 9. The topological polar surface area (TPSA) is 12.0 Å². The van der Waals surface area contributed by atoms with Gasteiger partial charge in [-0.2, -0.15) is 0 Å². The SMILES string of the molecule is CCCCCCCCCCCCSC(=S)Nc1cccc(SC)c1. The molecule has 0 aliphatic carbocycles. The molecule has 136 valence electrons. The van der Waals surface area contributed by atoms with Crippen LogP contribution >= 0.6 is 35.7 Å². The maximum Gasteiger partial charge on any atom is 0.138 e. The van der Waals surface area contributed by atoms with E-state index >= 15 is 0 Å². The molecule has 24 heavy (non-hydrogen) atoms. The minimum Gasteiger partial charge on any atom is -0.341 e. The Kier molecular flexibility index (Phi) is 13.7. The van der Waals surface area contributed by atoms with E-state index in [9.17, 15) is 0 Å². The molecule has 1 rings (SSSR count). The lowest BCUT2D eigenvalue weighted by Gasteiger charge is -2.08. The van der Waals surface area contributed by atoms with Gasteiger partial charge in [0.15, 0.2) is 0 Å². The van der Waals surface area contributed by atoms with Gasteiger partial charge in [0.2, 0.25) is 0 Å². The maximum absolute atomic E-state index is 5.43. The van der Waals surface area contributed by atoms with Gasteiger partial charge in [-0.25, -0.2) is 0 Å². The monoisotopic (exact) mass is 383 g/mol. The van der Waals surface area contributed by atoms with Crippen molar-refractivity contribution in [1.29, 1.82) is 0 Å². The van der Waals surface area contributed by atoms with Crippen LogP contribution in [-0.2, 0) is 0 Å². The number of thiocarbonyl (C=S) groups is 1. The molecule has 4 heteroatoms. The van der Waals surface area contributed by atoms with Crippen molar-refractivity contribution in [2.24, 2.45) is 0 Å². The summed E-state index contributed by atoms with van der Waals surface area (Å²) in [5.74, 6) is 1.13. The smallest absolute Gasteiger partial charge is 0.138 e. The average molecular weight is 384 g/mol. The third-order valence-electron chi connectivity index (χ3n) is 4.05. The van der Waals surface area contributed by atoms with Crippen molar-refractivity contribution >= 4 is 45.7 Å². The molecule has 0 aliphatic rings. The second kappa shape index (κ2) is 15.1. The summed E-state index contributed by atoms with van der Waals surface area (Å²) in [6.45, 7) is 2.28. The zero-order valence-corrected chi connectivity index (χ0v) is 17.8. The van der Waals surface area contributed by atoms with Crippen LogP contribution in [0.4, 0.5) is 5.69 Å². The Labute approximate surface area is 163 Å². The fourth-order valence-corrected chi connectivity index (χ4v) is 4.16. The zero-order chi connectivity index (χ0) is 17.5. The Morgan fingerprint density at radius 1 is 0.958 bits per heavy atom. The first-order valence-corrected chi connectivity index (χ1v) is 12.0. The molecule has 0 bridgehead atoms. The summed E-state index contributed by atoms with van der Waals surface area (Å²) in [6.07, 6.45) is 16.0. The molecular weight excluding hydrogens is 350 g/mol. The highest BCUT2D eigenvalue weighted by molar-refractivity contribution is 8.23. The van der Waals surface area contributed by atoms with Crippen LogP contribution in [0.5, 0.6) is 0 Å². The Hall–Kier alpha value is -0.190. The van der Waals surface area contributed by atoms with Crippen LogP contribution in [0.3, 0.4) is 0 Å². The molecule has 0 saturated heterocycles. The number of hydrogen-bond donors (Lipinski definition) is 1. The predicted octanol–water partition coefficient (Wildman–Crippen LogP) is 7.76. The number of nitrogens with one attached hydrogen (secondary N) is 1. The van der Waals surface area contributed by atoms with E-state index in [1.807, 2.05) is 0 Å². The normalized spacial score (nSPS) is 10.8. The molecular formula is C20H33NS3. The Balaban J connectivity index is 1.96. The molecule has 1 nitrogen and oxygen atoms in total. The number of thioether (sulfide) groups is 2. The number of anilines is 1. The average Bonchev–Trinajstić information content (AvgIpc) is 2.60. The molecule has 1 aromatic rings. The van der Waals surface area contributed by atoms with E-state index in [-0.39, 0.29) is 0 Å². The molecule has 1 N–H and O–H groups in total.